The number of benzene rings is 4. The molecule has 0 aromatic heterocycles. The minimum Gasteiger partial charge on any atom is -0.493 e. The Hall–Kier alpha value is -8.44. The van der Waals surface area contributed by atoms with Gasteiger partial charge in [0.25, 0.3) is 17.7 Å². The molecule has 1 saturated heterocycles. The number of fused-ring (bicyclic) bond motifs is 2. The molecule has 8 rings (SSSR count). The summed E-state index contributed by atoms with van der Waals surface area (Å²) >= 11 is 0. The molecule has 93 heavy (non-hydrogen) atoms. The number of ether oxygens (including phenoxy) is 4. The number of unbranched alkanes of at least 4 members (excludes halogenated alkanes) is 4. The number of allylic oxidation sites excluding steroid dienone is 3. The Morgan fingerprint density at radius 2 is 1.38 bits per heavy atom. The third kappa shape index (κ3) is 24.2. The van der Waals surface area contributed by atoms with Crippen LogP contribution in [0.25, 0.3) is 11.1 Å². The topological polar surface area (TPSA) is 194 Å². The van der Waals surface area contributed by atoms with Crippen molar-refractivity contribution in [2.45, 2.75) is 153 Å². The van der Waals surface area contributed by atoms with Gasteiger partial charge in [-0.15, -0.1) is 6.58 Å². The summed E-state index contributed by atoms with van der Waals surface area (Å²) in [7, 11) is 5.33. The van der Waals surface area contributed by atoms with E-state index in [9.17, 15) is 33.6 Å². The number of likely N-dealkylation sites (N-methyl/N-ethyl adjacent to an activating group) is 1. The van der Waals surface area contributed by atoms with Crippen LogP contribution in [0.1, 0.15) is 170 Å². The number of ketones is 2. The highest BCUT2D eigenvalue weighted by Gasteiger charge is 2.34. The van der Waals surface area contributed by atoms with Crippen molar-refractivity contribution < 1.29 is 52.5 Å². The second kappa shape index (κ2) is 39.8. The minimum absolute atomic E-state index is 0.00990. The van der Waals surface area contributed by atoms with Crippen LogP contribution in [0.3, 0.4) is 0 Å². The first-order valence-electron chi connectivity index (χ1n) is 32.9. The molecule has 1 N–H and O–H groups in total. The van der Waals surface area contributed by atoms with Crippen molar-refractivity contribution in [1.82, 2.24) is 20.0 Å². The summed E-state index contributed by atoms with van der Waals surface area (Å²) in [5.41, 5.74) is 10.0. The number of nitrogens with zero attached hydrogens (tertiary/aromatic N) is 5. The second-order valence-electron chi connectivity index (χ2n) is 24.2. The van der Waals surface area contributed by atoms with Crippen LogP contribution in [-0.4, -0.2) is 142 Å². The number of Topliss-reactive ketones (excluding diaryl/α,β-unsaturated/α-hetero) is 2. The summed E-state index contributed by atoms with van der Waals surface area (Å²) in [5, 5.41) is 2.67. The fourth-order valence-electron chi connectivity index (χ4n) is 10.2. The molecule has 4 aromatic carbocycles. The number of carbonyl (C=O) groups is 7. The zero-order chi connectivity index (χ0) is 68.7. The van der Waals surface area contributed by atoms with Crippen LogP contribution in [0.2, 0.25) is 0 Å². The number of hydrogen-bond acceptors (Lipinski definition) is 14. The van der Waals surface area contributed by atoms with Crippen molar-refractivity contribution in [2.24, 2.45) is 22.7 Å². The lowest BCUT2D eigenvalue weighted by Gasteiger charge is -2.34. The molecule has 17 heteroatoms. The van der Waals surface area contributed by atoms with Gasteiger partial charge in [-0.05, 0) is 157 Å². The van der Waals surface area contributed by atoms with Gasteiger partial charge in [0.1, 0.15) is 12.1 Å². The molecule has 0 saturated carbocycles. The highest BCUT2D eigenvalue weighted by molar-refractivity contribution is 6.13. The van der Waals surface area contributed by atoms with Crippen molar-refractivity contribution in [3.8, 4) is 23.0 Å². The van der Waals surface area contributed by atoms with E-state index in [1.54, 1.807) is 51.2 Å². The maximum Gasteiger partial charge on any atom is 0.260 e. The van der Waals surface area contributed by atoms with Gasteiger partial charge >= 0.3 is 0 Å². The maximum absolute atomic E-state index is 13.6. The standard InChI is InChI=1S/C34H36N2O6.C19H28N2.C11H15NO3.C10H19NO2.C2H6/c1-22-9-8-10-24(13-22)25-15-27-19-35-29-18-33(31(40-4)17-28(29)34(38)36(27)20-25)42-12-7-5-6-11-41-32-14-23(2)26(21-37)16-30(32)39-3;1-5-16(3)15-17(6-2)18-7-9-19(10-8-18)21-13-11-20(4)12-14-21;1-9(13)5-3-2-4-8-12-10(14)6-7-11(12)15;1-6(2)7(3)10(13)11-8(4)9(5)12;1-2/h8-10,13-14,16-21,27H,5-7,11-12,15H2,1-4H3;5-10,16H,1,11-15H2,2-4H3;6-7H,2-5,8H2,1H3;6-8H,1-5H3,(H,11,13);1-2H3/b;17-6+;;;/t;;;7?,8-;/m...0./s1. The van der Waals surface area contributed by atoms with Gasteiger partial charge in [-0.3, -0.25) is 38.7 Å². The molecule has 4 heterocycles. The number of rotatable bonds is 27. The Labute approximate surface area is 554 Å². The smallest absolute Gasteiger partial charge is 0.260 e. The molecule has 3 unspecified atom stereocenters. The number of nitrogens with one attached hydrogen (secondary N) is 1. The van der Waals surface area contributed by atoms with Gasteiger partial charge in [0.05, 0.1) is 50.8 Å². The summed E-state index contributed by atoms with van der Waals surface area (Å²) in [4.78, 5) is 92.5. The molecule has 0 spiro atoms. The van der Waals surface area contributed by atoms with Gasteiger partial charge in [-0.2, -0.15) is 0 Å². The summed E-state index contributed by atoms with van der Waals surface area (Å²) in [5.74, 6) is 2.59. The van der Waals surface area contributed by atoms with Gasteiger partial charge in [0.2, 0.25) is 5.91 Å². The lowest BCUT2D eigenvalue weighted by atomic mass is 9.95. The molecule has 504 valence electrons. The molecule has 4 aromatic rings. The fourth-order valence-corrected chi connectivity index (χ4v) is 10.2. The highest BCUT2D eigenvalue weighted by atomic mass is 16.5. The first-order valence-corrected chi connectivity index (χ1v) is 32.9. The average molecular weight is 1280 g/mol. The van der Waals surface area contributed by atoms with E-state index < -0.39 is 0 Å². The number of aliphatic imine (C=N–C) groups is 1. The Kier molecular flexibility index (Phi) is 33.0. The normalized spacial score (nSPS) is 15.8. The van der Waals surface area contributed by atoms with E-state index in [0.717, 1.165) is 94.1 Å². The van der Waals surface area contributed by atoms with Gasteiger partial charge in [0.15, 0.2) is 28.8 Å². The summed E-state index contributed by atoms with van der Waals surface area (Å²) in [6.07, 6.45) is 18.8. The number of hydrogen-bond donors (Lipinski definition) is 1. The van der Waals surface area contributed by atoms with E-state index in [-0.39, 0.29) is 53.2 Å². The van der Waals surface area contributed by atoms with Gasteiger partial charge in [0, 0.05) is 93.4 Å². The number of methoxy groups -OCH3 is 2. The van der Waals surface area contributed by atoms with Crippen LogP contribution in [-0.2, 0) is 24.0 Å². The number of aldehydes is 1. The van der Waals surface area contributed by atoms with Crippen LogP contribution in [0.4, 0.5) is 11.4 Å². The molecule has 17 nitrogen and oxygen atoms in total. The Morgan fingerprint density at radius 1 is 0.763 bits per heavy atom. The van der Waals surface area contributed by atoms with E-state index in [1.165, 1.54) is 46.4 Å². The lowest BCUT2D eigenvalue weighted by Crippen LogP contribution is -2.44. The zero-order valence-electron chi connectivity index (χ0n) is 58.1. The number of anilines is 1. The molecular formula is C76H104N6O11. The van der Waals surface area contributed by atoms with Crippen molar-refractivity contribution in [1.29, 1.82) is 0 Å². The van der Waals surface area contributed by atoms with E-state index in [2.05, 4.69) is 103 Å². The Bertz CT molecular complexity index is 3250. The SMILES string of the molecule is C=CC(C)C/C(=C\C)c1ccc(N2CCN(C)CC2)cc1.CC.CC(=O)CCCCCN1C(=O)C=CC1=O.CC(=O)[C@H](C)NC(=O)C(C)C(C)C.COc1cc(C=O)c(C)cc1OCCCCCOc1cc2c(cc1OC)C(=O)N1C=C(c3cccc(C)c3)CC1C=N2. The minimum atomic E-state index is -0.367. The van der Waals surface area contributed by atoms with Crippen molar-refractivity contribution in [2.75, 3.05) is 72.1 Å². The van der Waals surface area contributed by atoms with Crippen molar-refractivity contribution in [3.05, 3.63) is 143 Å². The molecule has 0 radical (unpaired) electrons. The predicted molar refractivity (Wildman–Crippen MR) is 375 cm³/mol. The van der Waals surface area contributed by atoms with E-state index in [1.807, 2.05) is 72.2 Å². The van der Waals surface area contributed by atoms with Crippen LogP contribution in [0.5, 0.6) is 23.0 Å². The first-order chi connectivity index (χ1) is 44.5. The number of piperazine rings is 1. The van der Waals surface area contributed by atoms with Crippen molar-refractivity contribution >= 4 is 70.2 Å². The quantitative estimate of drug-likeness (QED) is 0.0257. The average Bonchev–Trinajstić information content (AvgIpc) is 1.75. The maximum atomic E-state index is 13.6. The molecule has 1 fully saturated rings. The molecule has 4 atom stereocenters. The predicted octanol–water partition coefficient (Wildman–Crippen LogP) is 14.2. The van der Waals surface area contributed by atoms with E-state index in [4.69, 9.17) is 18.9 Å². The van der Waals surface area contributed by atoms with Gasteiger partial charge in [-0.25, -0.2) is 0 Å². The molecule has 4 aliphatic rings. The molecule has 0 bridgehead atoms. The largest absolute Gasteiger partial charge is 0.493 e. The molecule has 4 amide bonds. The number of imide groups is 1. The van der Waals surface area contributed by atoms with E-state index in [0.29, 0.717) is 84.2 Å². The van der Waals surface area contributed by atoms with Crippen LogP contribution in [0, 0.1) is 31.6 Å². The lowest BCUT2D eigenvalue weighted by molar-refractivity contribution is -0.137. The Morgan fingerprint density at radius 3 is 1.94 bits per heavy atom. The van der Waals surface area contributed by atoms with Gasteiger partial charge in [-0.1, -0.05) is 102 Å². The summed E-state index contributed by atoms with van der Waals surface area (Å²) < 4.78 is 22.9. The third-order valence-corrected chi connectivity index (χ3v) is 16.7. The summed E-state index contributed by atoms with van der Waals surface area (Å²) in [6, 6.07) is 23.9. The molecule has 4 aliphatic heterocycles. The summed E-state index contributed by atoms with van der Waals surface area (Å²) in [6.45, 7) is 32.8. The van der Waals surface area contributed by atoms with Gasteiger partial charge < -0.3 is 43.8 Å². The highest BCUT2D eigenvalue weighted by Crippen LogP contribution is 2.40. The molecular weight excluding hydrogens is 1170 g/mol. The number of aryl methyl sites for hydroxylation is 2. The van der Waals surface area contributed by atoms with Crippen LogP contribution >= 0.6 is 0 Å². The zero-order valence-corrected chi connectivity index (χ0v) is 58.1. The molecule has 0 aliphatic carbocycles. The number of carbonyl (C=O) groups excluding carboxylic acids is 7. The van der Waals surface area contributed by atoms with Crippen LogP contribution in [0.15, 0.2) is 115 Å². The third-order valence-electron chi connectivity index (χ3n) is 16.7. The monoisotopic (exact) mass is 1280 g/mol. The Balaban J connectivity index is 0.000000300. The fraction of sp³-hybridized carbons (Fsp3) is 0.474. The number of amides is 4. The van der Waals surface area contributed by atoms with Crippen LogP contribution < -0.4 is 29.2 Å². The van der Waals surface area contributed by atoms with E-state index >= 15 is 0 Å². The van der Waals surface area contributed by atoms with Crippen molar-refractivity contribution in [3.63, 3.8) is 0 Å². The second-order valence-corrected chi connectivity index (χ2v) is 24.2. The first kappa shape index (κ1) is 77.0.